The van der Waals surface area contributed by atoms with Crippen LogP contribution in [0.4, 0.5) is 8.78 Å². The Labute approximate surface area is 95.4 Å². The van der Waals surface area contributed by atoms with Crippen LogP contribution in [0.2, 0.25) is 0 Å². The van der Waals surface area contributed by atoms with Gasteiger partial charge in [0.05, 0.1) is 10.6 Å². The van der Waals surface area contributed by atoms with Crippen molar-refractivity contribution >= 4 is 26.0 Å². The summed E-state index contributed by atoms with van der Waals surface area (Å²) in [6.07, 6.45) is 0. The molecule has 0 aromatic heterocycles. The molecule has 0 aliphatic rings. The SMILES string of the molecule is [BH3-][PH+](c1ccc(F)cc1)c1ccc(F)cc1. The fraction of sp³-hybridized carbons (Fsp3) is 0. The lowest BCUT2D eigenvalue weighted by Crippen LogP contribution is -2.11. The number of hydrogen-bond donors (Lipinski definition) is 0. The standard InChI is InChI=1S/C12H12BF2P/c13-16(11-5-1-9(14)2-6-11)12-7-3-10(15)4-8-12/h1-8,16H,13H3. The van der Waals surface area contributed by atoms with E-state index in [0.29, 0.717) is 0 Å². The summed E-state index contributed by atoms with van der Waals surface area (Å²) in [7, 11) is -0.523. The van der Waals surface area contributed by atoms with Crippen LogP contribution in [0.3, 0.4) is 0 Å². The molecule has 2 aromatic carbocycles. The summed E-state index contributed by atoms with van der Waals surface area (Å²) in [5.74, 6) is -0.393. The molecule has 0 N–H and O–H groups in total. The molecule has 2 rings (SSSR count). The van der Waals surface area contributed by atoms with Gasteiger partial charge in [0.15, 0.2) is 0 Å². The molecule has 0 aliphatic carbocycles. The van der Waals surface area contributed by atoms with E-state index in [0.717, 1.165) is 0 Å². The summed E-state index contributed by atoms with van der Waals surface area (Å²) in [4.78, 5) is 0. The van der Waals surface area contributed by atoms with E-state index in [-0.39, 0.29) is 19.2 Å². The quantitative estimate of drug-likeness (QED) is 0.546. The maximum atomic E-state index is 12.8. The third-order valence-corrected chi connectivity index (χ3v) is 3.22. The van der Waals surface area contributed by atoms with Gasteiger partial charge < -0.3 is 0 Å². The lowest BCUT2D eigenvalue weighted by Gasteiger charge is -2.10. The second-order valence-electron chi connectivity index (χ2n) is 3.14. The molecule has 0 saturated heterocycles. The first-order chi connectivity index (χ1) is 7.66. The zero-order chi connectivity index (χ0) is 11.5. The summed E-state index contributed by atoms with van der Waals surface area (Å²) in [5, 5.41) is 2.47. The number of hydrogen-bond acceptors (Lipinski definition) is 0. The molecule has 0 saturated carbocycles. The molecular formula is C12H12BF2P. The third-order valence-electron chi connectivity index (χ3n) is 1.98. The van der Waals surface area contributed by atoms with Crippen LogP contribution >= 0.6 is 7.80 Å². The van der Waals surface area contributed by atoms with Crippen molar-refractivity contribution in [2.45, 2.75) is 0 Å². The molecule has 0 nitrogen and oxygen atoms in total. The summed E-state index contributed by atoms with van der Waals surface area (Å²) in [5.41, 5.74) is 0. The Morgan fingerprint density at radius 3 is 1.31 bits per heavy atom. The molecule has 0 atom stereocenters. The highest BCUT2D eigenvalue weighted by atomic mass is 31.1. The van der Waals surface area contributed by atoms with E-state index in [1.54, 1.807) is 0 Å². The molecule has 0 aliphatic heterocycles. The van der Waals surface area contributed by atoms with Gasteiger partial charge in [0.2, 0.25) is 0 Å². The van der Waals surface area contributed by atoms with Crippen molar-refractivity contribution in [3.63, 3.8) is 0 Å². The largest absolute Gasteiger partial charge is 0.207 e. The van der Waals surface area contributed by atoms with Crippen molar-refractivity contribution in [2.75, 3.05) is 0 Å². The molecule has 4 heteroatoms. The van der Waals surface area contributed by atoms with E-state index < -0.39 is 7.80 Å². The van der Waals surface area contributed by atoms with Crippen molar-refractivity contribution in [3.8, 4) is 0 Å². The van der Waals surface area contributed by atoms with Crippen LogP contribution in [0.5, 0.6) is 0 Å². The zero-order valence-corrected chi connectivity index (χ0v) is 8.87. The Balaban J connectivity index is 2.28. The van der Waals surface area contributed by atoms with Gasteiger partial charge in [-0.05, 0) is 48.5 Å². The Morgan fingerprint density at radius 1 is 0.688 bits per heavy atom. The Bertz CT molecular complexity index is 422. The van der Waals surface area contributed by atoms with Gasteiger partial charge in [0.1, 0.15) is 19.2 Å². The first kappa shape index (κ1) is 11.3. The first-order valence-corrected chi connectivity index (χ1v) is 5.52. The van der Waals surface area contributed by atoms with Gasteiger partial charge in [-0.15, -0.1) is 7.80 Å². The van der Waals surface area contributed by atoms with Gasteiger partial charge in [-0.3, -0.25) is 0 Å². The van der Waals surface area contributed by atoms with Crippen molar-refractivity contribution in [1.29, 1.82) is 0 Å². The van der Waals surface area contributed by atoms with E-state index in [4.69, 9.17) is 0 Å². The number of rotatable bonds is 2. The highest BCUT2D eigenvalue weighted by Gasteiger charge is 2.10. The smallest absolute Gasteiger partial charge is 0.135 e. The predicted molar refractivity (Wildman–Crippen MR) is 70.3 cm³/mol. The van der Waals surface area contributed by atoms with Crippen LogP contribution < -0.4 is 10.6 Å². The van der Waals surface area contributed by atoms with Crippen LogP contribution in [0, 0.1) is 11.6 Å². The average molecular weight is 236 g/mol. The Morgan fingerprint density at radius 2 is 1.00 bits per heavy atom. The number of benzene rings is 2. The fourth-order valence-electron chi connectivity index (χ4n) is 1.23. The van der Waals surface area contributed by atoms with Gasteiger partial charge in [0.25, 0.3) is 0 Å². The minimum Gasteiger partial charge on any atom is -0.207 e. The monoisotopic (exact) mass is 236 g/mol. The van der Waals surface area contributed by atoms with Crippen LogP contribution in [0.25, 0.3) is 0 Å². The van der Waals surface area contributed by atoms with Gasteiger partial charge in [-0.2, -0.15) is 0 Å². The molecule has 0 unspecified atom stereocenters. The first-order valence-electron chi connectivity index (χ1n) is 4.52. The lowest BCUT2D eigenvalue weighted by molar-refractivity contribution is 0.628. The molecular weight excluding hydrogens is 224 g/mol. The van der Waals surface area contributed by atoms with Crippen molar-refractivity contribution in [3.05, 3.63) is 60.2 Å². The second kappa shape index (κ2) is 4.75. The van der Waals surface area contributed by atoms with Gasteiger partial charge in [-0.25, -0.2) is 8.78 Å². The molecule has 0 amide bonds. The van der Waals surface area contributed by atoms with Gasteiger partial charge >= 0.3 is 0 Å². The van der Waals surface area contributed by atoms with Gasteiger partial charge in [0, 0.05) is 0 Å². The predicted octanol–water partition coefficient (Wildman–Crippen LogP) is 1.41. The molecule has 0 spiro atoms. The van der Waals surface area contributed by atoms with E-state index >= 15 is 0 Å². The Hall–Kier alpha value is -1.21. The van der Waals surface area contributed by atoms with Crippen LogP contribution in [0.1, 0.15) is 0 Å². The maximum absolute atomic E-state index is 12.8. The summed E-state index contributed by atoms with van der Waals surface area (Å²) < 4.78 is 25.6. The average Bonchev–Trinajstić information content (AvgIpc) is 2.30. The Kier molecular flexibility index (Phi) is 3.35. The fourth-order valence-corrected chi connectivity index (χ4v) is 2.23. The highest BCUT2D eigenvalue weighted by Crippen LogP contribution is 2.26. The summed E-state index contributed by atoms with van der Waals surface area (Å²) in [6, 6.07) is 13.5. The molecule has 0 heterocycles. The van der Waals surface area contributed by atoms with Crippen molar-refractivity contribution in [1.82, 2.24) is 0 Å². The van der Waals surface area contributed by atoms with E-state index in [2.05, 4.69) is 0 Å². The third kappa shape index (κ3) is 2.48. The van der Waals surface area contributed by atoms with Gasteiger partial charge in [-0.1, -0.05) is 0 Å². The minimum absolute atomic E-state index is 0.138. The summed E-state index contributed by atoms with van der Waals surface area (Å²) >= 11 is 0. The van der Waals surface area contributed by atoms with E-state index in [1.807, 2.05) is 24.3 Å². The minimum atomic E-state index is -0.661. The van der Waals surface area contributed by atoms with Crippen molar-refractivity contribution in [2.24, 2.45) is 0 Å². The number of halogens is 2. The molecule has 82 valence electrons. The van der Waals surface area contributed by atoms with Crippen LogP contribution in [-0.2, 0) is 0 Å². The topological polar surface area (TPSA) is 0 Å². The molecule has 2 aromatic rings. The van der Waals surface area contributed by atoms with E-state index in [9.17, 15) is 8.78 Å². The van der Waals surface area contributed by atoms with Crippen LogP contribution in [0.15, 0.2) is 48.5 Å². The maximum Gasteiger partial charge on any atom is 0.135 e. The van der Waals surface area contributed by atoms with E-state index in [1.165, 1.54) is 34.9 Å². The second-order valence-corrected chi connectivity index (χ2v) is 4.54. The molecule has 0 bridgehead atoms. The molecule has 0 radical (unpaired) electrons. The molecule has 16 heavy (non-hydrogen) atoms. The zero-order valence-electron chi connectivity index (χ0n) is 7.87. The normalized spacial score (nSPS) is 10.8. The van der Waals surface area contributed by atoms with Crippen molar-refractivity contribution < 1.29 is 8.78 Å². The highest BCUT2D eigenvalue weighted by molar-refractivity contribution is 7.94. The molecule has 0 fully saturated rings. The summed E-state index contributed by atoms with van der Waals surface area (Å²) in [6.45, 7) is 0. The van der Waals surface area contributed by atoms with Crippen LogP contribution in [-0.4, -0.2) is 7.57 Å². The lowest BCUT2D eigenvalue weighted by atomic mass is 10.3.